The van der Waals surface area contributed by atoms with Gasteiger partial charge in [-0.3, -0.25) is 9.91 Å². The molecule has 13 heavy (non-hydrogen) atoms. The highest BCUT2D eigenvalue weighted by Crippen LogP contribution is 1.96. The van der Waals surface area contributed by atoms with Crippen LogP contribution in [0.3, 0.4) is 0 Å². The summed E-state index contributed by atoms with van der Waals surface area (Å²) in [5, 5.41) is 6.13. The number of hydrogen-bond acceptors (Lipinski definition) is 4. The average Bonchev–Trinajstić information content (AvgIpc) is 2.17. The van der Waals surface area contributed by atoms with E-state index in [9.17, 15) is 0 Å². The van der Waals surface area contributed by atoms with Gasteiger partial charge in [0.2, 0.25) is 0 Å². The maximum Gasteiger partial charge on any atom is 0.0594 e. The molecule has 0 aromatic carbocycles. The van der Waals surface area contributed by atoms with E-state index in [1.807, 2.05) is 25.2 Å². The number of nitrogens with zero attached hydrogens (tertiary/aromatic N) is 3. The van der Waals surface area contributed by atoms with Crippen LogP contribution < -0.4 is 0 Å². The van der Waals surface area contributed by atoms with Gasteiger partial charge in [0, 0.05) is 39.4 Å². The minimum atomic E-state index is 0.876. The van der Waals surface area contributed by atoms with Crippen LogP contribution in [0, 0.1) is 0 Å². The molecule has 76 valence electrons. The quantitative estimate of drug-likeness (QED) is 0.464. The molecule has 1 rings (SSSR count). The lowest BCUT2D eigenvalue weighted by Gasteiger charge is -2.27. The van der Waals surface area contributed by atoms with Crippen molar-refractivity contribution in [3.63, 3.8) is 0 Å². The number of rotatable bonds is 4. The molecule has 0 unspecified atom stereocenters. The van der Waals surface area contributed by atoms with E-state index in [1.165, 1.54) is 0 Å². The molecule has 0 aromatic heterocycles. The van der Waals surface area contributed by atoms with Crippen LogP contribution in [0.4, 0.5) is 0 Å². The molecule has 1 aliphatic heterocycles. The first-order chi connectivity index (χ1) is 6.33. The van der Waals surface area contributed by atoms with Crippen LogP contribution in [-0.2, 0) is 4.74 Å². The first-order valence-corrected chi connectivity index (χ1v) is 4.83. The molecule has 1 fully saturated rings. The third kappa shape index (κ3) is 4.24. The molecule has 4 heteroatoms. The van der Waals surface area contributed by atoms with Gasteiger partial charge in [-0.15, -0.1) is 0 Å². The second kappa shape index (κ2) is 5.94. The first kappa shape index (κ1) is 10.5. The predicted octanol–water partition coefficient (Wildman–Crippen LogP) is 0.256. The highest BCUT2D eigenvalue weighted by molar-refractivity contribution is 5.52. The third-order valence-corrected chi connectivity index (χ3v) is 2.16. The third-order valence-electron chi connectivity index (χ3n) is 2.16. The molecule has 0 saturated carbocycles. The second-order valence-electron chi connectivity index (χ2n) is 3.21. The lowest BCUT2D eigenvalue weighted by atomic mass is 10.4. The lowest BCUT2D eigenvalue weighted by molar-refractivity contribution is 0.0346. The minimum absolute atomic E-state index is 0.876. The van der Waals surface area contributed by atoms with E-state index >= 15 is 0 Å². The van der Waals surface area contributed by atoms with E-state index < -0.39 is 0 Å². The van der Waals surface area contributed by atoms with Gasteiger partial charge in [0.25, 0.3) is 0 Å². The van der Waals surface area contributed by atoms with Crippen molar-refractivity contribution in [2.45, 2.75) is 6.92 Å². The van der Waals surface area contributed by atoms with E-state index in [0.717, 1.165) is 39.4 Å². The van der Waals surface area contributed by atoms with E-state index in [1.54, 1.807) is 0 Å². The molecule has 0 bridgehead atoms. The van der Waals surface area contributed by atoms with Gasteiger partial charge in [-0.2, -0.15) is 5.10 Å². The van der Waals surface area contributed by atoms with Gasteiger partial charge in [0.1, 0.15) is 0 Å². The largest absolute Gasteiger partial charge is 0.379 e. The molecule has 4 nitrogen and oxygen atoms in total. The number of morpholine rings is 1. The lowest BCUT2D eigenvalue weighted by Crippen LogP contribution is -2.39. The van der Waals surface area contributed by atoms with Crippen molar-refractivity contribution in [1.82, 2.24) is 9.91 Å². The Morgan fingerprint density at radius 3 is 2.77 bits per heavy atom. The fourth-order valence-corrected chi connectivity index (χ4v) is 1.37. The predicted molar refractivity (Wildman–Crippen MR) is 54.1 cm³/mol. The molecule has 0 aromatic rings. The summed E-state index contributed by atoms with van der Waals surface area (Å²) < 4.78 is 5.27. The summed E-state index contributed by atoms with van der Waals surface area (Å²) in [5.74, 6) is 0. The molecule has 0 amide bonds. The molecule has 0 aliphatic carbocycles. The van der Waals surface area contributed by atoms with Crippen LogP contribution >= 0.6 is 0 Å². The molecule has 0 radical (unpaired) electrons. The zero-order valence-electron chi connectivity index (χ0n) is 8.57. The van der Waals surface area contributed by atoms with Crippen LogP contribution in [0.15, 0.2) is 5.10 Å². The summed E-state index contributed by atoms with van der Waals surface area (Å²) in [6.45, 7) is 7.88. The van der Waals surface area contributed by atoms with Crippen molar-refractivity contribution in [1.29, 1.82) is 0 Å². The molecule has 0 N–H and O–H groups in total. The van der Waals surface area contributed by atoms with E-state index in [-0.39, 0.29) is 0 Å². The fourth-order valence-electron chi connectivity index (χ4n) is 1.37. The normalized spacial score (nSPS) is 19.5. The molecular weight excluding hydrogens is 166 g/mol. The van der Waals surface area contributed by atoms with Gasteiger partial charge in [0.05, 0.1) is 13.2 Å². The van der Waals surface area contributed by atoms with Crippen LogP contribution in [0.25, 0.3) is 0 Å². The van der Waals surface area contributed by atoms with Crippen LogP contribution in [-0.4, -0.2) is 62.6 Å². The maximum atomic E-state index is 5.27. The topological polar surface area (TPSA) is 28.1 Å². The van der Waals surface area contributed by atoms with Crippen LogP contribution in [0.2, 0.25) is 0 Å². The second-order valence-corrected chi connectivity index (χ2v) is 3.21. The van der Waals surface area contributed by atoms with Crippen molar-refractivity contribution in [3.8, 4) is 0 Å². The Morgan fingerprint density at radius 1 is 1.46 bits per heavy atom. The number of hydrogen-bond donors (Lipinski definition) is 0. The van der Waals surface area contributed by atoms with Gasteiger partial charge in [-0.05, 0) is 6.92 Å². The molecule has 0 spiro atoms. The summed E-state index contributed by atoms with van der Waals surface area (Å²) in [6, 6.07) is 0. The SMILES string of the molecule is CC=NN(C)CCN1CCOCC1. The number of ether oxygens (including phenoxy) is 1. The van der Waals surface area contributed by atoms with Gasteiger partial charge in [0.15, 0.2) is 0 Å². The maximum absolute atomic E-state index is 5.27. The van der Waals surface area contributed by atoms with Crippen molar-refractivity contribution in [2.24, 2.45) is 5.10 Å². The zero-order chi connectivity index (χ0) is 9.52. The van der Waals surface area contributed by atoms with Gasteiger partial charge >= 0.3 is 0 Å². The van der Waals surface area contributed by atoms with Crippen molar-refractivity contribution in [2.75, 3.05) is 46.4 Å². The highest BCUT2D eigenvalue weighted by Gasteiger charge is 2.09. The Hall–Kier alpha value is -0.610. The van der Waals surface area contributed by atoms with E-state index in [4.69, 9.17) is 4.74 Å². The Morgan fingerprint density at radius 2 is 2.15 bits per heavy atom. The van der Waals surface area contributed by atoms with Crippen molar-refractivity contribution >= 4 is 6.21 Å². The Bertz CT molecular complexity index is 155. The van der Waals surface area contributed by atoms with E-state index in [2.05, 4.69) is 10.0 Å². The molecular formula is C9H19N3O. The monoisotopic (exact) mass is 185 g/mol. The zero-order valence-corrected chi connectivity index (χ0v) is 8.57. The smallest absolute Gasteiger partial charge is 0.0594 e. The standard InChI is InChI=1S/C9H19N3O/c1-3-10-11(2)4-5-12-6-8-13-9-7-12/h3H,4-9H2,1-2H3. The van der Waals surface area contributed by atoms with Gasteiger partial charge in [-0.1, -0.05) is 0 Å². The average molecular weight is 185 g/mol. The number of likely N-dealkylation sites (N-methyl/N-ethyl adjacent to an activating group) is 1. The van der Waals surface area contributed by atoms with E-state index in [0.29, 0.717) is 0 Å². The summed E-state index contributed by atoms with van der Waals surface area (Å²) in [7, 11) is 2.00. The summed E-state index contributed by atoms with van der Waals surface area (Å²) in [6.07, 6.45) is 1.82. The Balaban J connectivity index is 2.09. The molecule has 1 aliphatic rings. The van der Waals surface area contributed by atoms with Crippen LogP contribution in [0.5, 0.6) is 0 Å². The van der Waals surface area contributed by atoms with Gasteiger partial charge < -0.3 is 4.74 Å². The minimum Gasteiger partial charge on any atom is -0.379 e. The number of hydrazone groups is 1. The molecule has 1 heterocycles. The Kier molecular flexibility index (Phi) is 4.78. The molecule has 0 atom stereocenters. The summed E-state index contributed by atoms with van der Waals surface area (Å²) in [5.41, 5.74) is 0. The van der Waals surface area contributed by atoms with Crippen LogP contribution in [0.1, 0.15) is 6.92 Å². The summed E-state index contributed by atoms with van der Waals surface area (Å²) >= 11 is 0. The first-order valence-electron chi connectivity index (χ1n) is 4.83. The van der Waals surface area contributed by atoms with Gasteiger partial charge in [-0.25, -0.2) is 0 Å². The Labute approximate surface area is 80.2 Å². The fraction of sp³-hybridized carbons (Fsp3) is 0.889. The summed E-state index contributed by atoms with van der Waals surface area (Å²) in [4.78, 5) is 2.41. The van der Waals surface area contributed by atoms with Crippen molar-refractivity contribution in [3.05, 3.63) is 0 Å². The van der Waals surface area contributed by atoms with Crippen molar-refractivity contribution < 1.29 is 4.74 Å². The highest BCUT2D eigenvalue weighted by atomic mass is 16.5. The molecule has 1 saturated heterocycles.